The van der Waals surface area contributed by atoms with Gasteiger partial charge in [0.15, 0.2) is 0 Å². The molecule has 0 aliphatic carbocycles. The fourth-order valence-electron chi connectivity index (χ4n) is 2.63. The molecule has 0 saturated carbocycles. The molecule has 1 aromatic rings. The molecule has 0 spiro atoms. The van der Waals surface area contributed by atoms with Gasteiger partial charge in [-0.25, -0.2) is 0 Å². The van der Waals surface area contributed by atoms with Crippen molar-refractivity contribution in [3.8, 4) is 0 Å². The molecule has 0 aliphatic heterocycles. The van der Waals surface area contributed by atoms with E-state index in [1.54, 1.807) is 0 Å². The largest absolute Gasteiger partial charge is 0.372 e. The molecule has 1 atom stereocenters. The normalized spacial score (nSPS) is 13.0. The third-order valence-electron chi connectivity index (χ3n) is 3.88. The van der Waals surface area contributed by atoms with Gasteiger partial charge in [0.1, 0.15) is 0 Å². The van der Waals surface area contributed by atoms with E-state index in [4.69, 9.17) is 0 Å². The Balaban J connectivity index is 2.86. The second-order valence-electron chi connectivity index (χ2n) is 5.76. The summed E-state index contributed by atoms with van der Waals surface area (Å²) in [6.07, 6.45) is 7.71. The van der Waals surface area contributed by atoms with E-state index >= 15 is 0 Å². The van der Waals surface area contributed by atoms with Crippen LogP contribution in [-0.4, -0.2) is 13.1 Å². The monoisotopic (exact) mass is 285 g/mol. The summed E-state index contributed by atoms with van der Waals surface area (Å²) in [5.74, 6) is 0.521. The molecule has 0 amide bonds. The van der Waals surface area contributed by atoms with Crippen molar-refractivity contribution in [2.24, 2.45) is 5.92 Å². The summed E-state index contributed by atoms with van der Waals surface area (Å²) in [7, 11) is 0. The quantitative estimate of drug-likeness (QED) is 0.508. The lowest BCUT2D eigenvalue weighted by molar-refractivity contribution is 0.744. The number of benzene rings is 1. The van der Waals surface area contributed by atoms with E-state index in [-0.39, 0.29) is 0 Å². The van der Waals surface area contributed by atoms with Crippen LogP contribution in [0.25, 0.3) is 5.57 Å². The highest BCUT2D eigenvalue weighted by Crippen LogP contribution is 2.25. The topological polar surface area (TPSA) is 3.24 Å². The Kier molecular flexibility index (Phi) is 7.89. The summed E-state index contributed by atoms with van der Waals surface area (Å²) in [4.78, 5) is 2.48. The molecule has 0 saturated heterocycles. The number of hydrogen-bond acceptors (Lipinski definition) is 1. The predicted molar refractivity (Wildman–Crippen MR) is 96.9 cm³/mol. The van der Waals surface area contributed by atoms with Crippen LogP contribution < -0.4 is 4.90 Å². The highest BCUT2D eigenvalue weighted by molar-refractivity contribution is 5.67. The Morgan fingerprint density at radius 3 is 2.14 bits per heavy atom. The maximum absolute atomic E-state index is 3.89. The number of rotatable bonds is 9. The van der Waals surface area contributed by atoms with Crippen LogP contribution in [0.5, 0.6) is 0 Å². The van der Waals surface area contributed by atoms with Crippen LogP contribution in [0.3, 0.4) is 0 Å². The zero-order valence-corrected chi connectivity index (χ0v) is 14.2. The highest BCUT2D eigenvalue weighted by Gasteiger charge is 2.07. The van der Waals surface area contributed by atoms with Crippen LogP contribution >= 0.6 is 0 Å². The van der Waals surface area contributed by atoms with Crippen molar-refractivity contribution in [3.63, 3.8) is 0 Å². The first-order valence-electron chi connectivity index (χ1n) is 8.29. The Morgan fingerprint density at radius 1 is 1.14 bits per heavy atom. The van der Waals surface area contributed by atoms with Gasteiger partial charge < -0.3 is 4.90 Å². The average molecular weight is 285 g/mol. The van der Waals surface area contributed by atoms with Gasteiger partial charge in [-0.15, -0.1) is 6.58 Å². The molecule has 1 nitrogen and oxygen atoms in total. The van der Waals surface area contributed by atoms with Crippen LogP contribution in [0.4, 0.5) is 5.69 Å². The van der Waals surface area contributed by atoms with E-state index in [2.05, 4.69) is 69.5 Å². The summed E-state index contributed by atoms with van der Waals surface area (Å²) in [6.45, 7) is 15.0. The molecule has 1 aromatic carbocycles. The fourth-order valence-corrected chi connectivity index (χ4v) is 2.63. The molecule has 21 heavy (non-hydrogen) atoms. The molecule has 0 radical (unpaired) electrons. The molecular weight excluding hydrogens is 254 g/mol. The smallest absolute Gasteiger partial charge is 0.0366 e. The third-order valence-corrected chi connectivity index (χ3v) is 3.88. The number of hydrogen-bond donors (Lipinski definition) is 0. The summed E-state index contributed by atoms with van der Waals surface area (Å²) in [6, 6.07) is 9.06. The van der Waals surface area contributed by atoms with Gasteiger partial charge in [0.25, 0.3) is 0 Å². The van der Waals surface area contributed by atoms with Crippen molar-refractivity contribution in [1.29, 1.82) is 0 Å². The van der Waals surface area contributed by atoms with Crippen LogP contribution in [-0.2, 0) is 0 Å². The van der Waals surface area contributed by atoms with E-state index in [9.17, 15) is 0 Å². The van der Waals surface area contributed by atoms with Crippen LogP contribution in [0.2, 0.25) is 0 Å². The summed E-state index contributed by atoms with van der Waals surface area (Å²) >= 11 is 0. The minimum atomic E-state index is 0.521. The van der Waals surface area contributed by atoms with Crippen molar-refractivity contribution in [3.05, 3.63) is 48.6 Å². The molecule has 0 fully saturated rings. The van der Waals surface area contributed by atoms with Gasteiger partial charge in [0.05, 0.1) is 0 Å². The molecule has 0 aliphatic rings. The van der Waals surface area contributed by atoms with Gasteiger partial charge in [-0.05, 0) is 55.4 Å². The molecule has 1 heteroatoms. The lowest BCUT2D eigenvalue weighted by atomic mass is 9.95. The zero-order valence-electron chi connectivity index (χ0n) is 14.2. The maximum Gasteiger partial charge on any atom is 0.0366 e. The molecule has 1 unspecified atom stereocenters. The van der Waals surface area contributed by atoms with Gasteiger partial charge in [-0.2, -0.15) is 0 Å². The van der Waals surface area contributed by atoms with E-state index in [1.165, 1.54) is 29.7 Å². The number of anilines is 1. The van der Waals surface area contributed by atoms with Gasteiger partial charge in [0.2, 0.25) is 0 Å². The van der Waals surface area contributed by atoms with Gasteiger partial charge in [-0.3, -0.25) is 0 Å². The molecule has 1 rings (SSSR count). The van der Waals surface area contributed by atoms with E-state index in [0.29, 0.717) is 5.92 Å². The lowest BCUT2D eigenvalue weighted by Gasteiger charge is -2.24. The first-order chi connectivity index (χ1) is 10.2. The Labute approximate surface area is 131 Å². The van der Waals surface area contributed by atoms with E-state index in [1.807, 2.05) is 6.08 Å². The molecular formula is C20H31N. The predicted octanol–water partition coefficient (Wildman–Crippen LogP) is 5.93. The van der Waals surface area contributed by atoms with Gasteiger partial charge >= 0.3 is 0 Å². The first-order valence-corrected chi connectivity index (χ1v) is 8.29. The molecule has 0 N–H and O–H groups in total. The van der Waals surface area contributed by atoms with Crippen molar-refractivity contribution in [2.75, 3.05) is 18.0 Å². The molecule has 0 aromatic heterocycles. The van der Waals surface area contributed by atoms with Gasteiger partial charge in [-0.1, -0.05) is 45.1 Å². The van der Waals surface area contributed by atoms with Crippen molar-refractivity contribution in [1.82, 2.24) is 0 Å². The first kappa shape index (κ1) is 17.6. The Bertz CT molecular complexity index is 435. The standard InChI is InChI=1S/C20H31N/c1-6-14-21(15-7-2)20-12-10-19(11-13-20)18(9-4)16-17(5)8-3/h8-13,17H,3,6-7,14-16H2,1-2,4-5H3/b18-9+. The summed E-state index contributed by atoms with van der Waals surface area (Å²) in [5, 5.41) is 0. The Hall–Kier alpha value is -1.50. The number of nitrogens with zero attached hydrogens (tertiary/aromatic N) is 1. The van der Waals surface area contributed by atoms with E-state index in [0.717, 1.165) is 19.5 Å². The fraction of sp³-hybridized carbons (Fsp3) is 0.500. The Morgan fingerprint density at radius 2 is 1.71 bits per heavy atom. The van der Waals surface area contributed by atoms with Gasteiger partial charge in [0, 0.05) is 18.8 Å². The number of allylic oxidation sites excluding steroid dienone is 3. The minimum Gasteiger partial charge on any atom is -0.372 e. The summed E-state index contributed by atoms with van der Waals surface area (Å²) < 4.78 is 0. The second kappa shape index (κ2) is 9.44. The molecule has 0 heterocycles. The molecule has 116 valence electrons. The maximum atomic E-state index is 3.89. The third kappa shape index (κ3) is 5.41. The van der Waals surface area contributed by atoms with Crippen molar-refractivity contribution < 1.29 is 0 Å². The minimum absolute atomic E-state index is 0.521. The van der Waals surface area contributed by atoms with E-state index < -0.39 is 0 Å². The highest BCUT2D eigenvalue weighted by atomic mass is 15.1. The van der Waals surface area contributed by atoms with Crippen molar-refractivity contribution >= 4 is 11.3 Å². The van der Waals surface area contributed by atoms with Crippen LogP contribution in [0.1, 0.15) is 52.5 Å². The average Bonchev–Trinajstić information content (AvgIpc) is 2.52. The van der Waals surface area contributed by atoms with Crippen molar-refractivity contribution in [2.45, 2.75) is 47.0 Å². The second-order valence-corrected chi connectivity index (χ2v) is 5.76. The summed E-state index contributed by atoms with van der Waals surface area (Å²) in [5.41, 5.74) is 4.09. The zero-order chi connectivity index (χ0) is 15.7. The van der Waals surface area contributed by atoms with Crippen LogP contribution in [0.15, 0.2) is 43.0 Å². The SMILES string of the molecule is C=CC(C)C/C(=C\C)c1ccc(N(CCC)CCC)cc1. The molecule has 0 bridgehead atoms. The lowest BCUT2D eigenvalue weighted by Crippen LogP contribution is -2.24. The van der Waals surface area contributed by atoms with Crippen LogP contribution in [0, 0.1) is 5.92 Å².